The first-order valence-electron chi connectivity index (χ1n) is 23.1. The fourth-order valence-corrected chi connectivity index (χ4v) is 9.42. The van der Waals surface area contributed by atoms with Gasteiger partial charge in [0, 0.05) is 44.4 Å². The maximum absolute atomic E-state index is 12.4. The molecule has 0 bridgehead atoms. The summed E-state index contributed by atoms with van der Waals surface area (Å²) in [7, 11) is 0.812. The van der Waals surface area contributed by atoms with Crippen LogP contribution in [0.3, 0.4) is 0 Å². The Morgan fingerprint density at radius 3 is 1.37 bits per heavy atom. The number of aliphatic hydroxyl groups excluding tert-OH is 1. The summed E-state index contributed by atoms with van der Waals surface area (Å²) in [5, 5.41) is 10.9. The maximum Gasteiger partial charge on any atom is 0.192 e. The number of carbonyl (C=O) groups excluding carboxylic acids is 2. The van der Waals surface area contributed by atoms with Crippen molar-refractivity contribution in [2.24, 2.45) is 11.8 Å². The highest BCUT2D eigenvalue weighted by atomic mass is 28.4. The molecule has 65 heavy (non-hydrogen) atoms. The molecule has 0 saturated heterocycles. The van der Waals surface area contributed by atoms with Crippen LogP contribution in [0.5, 0.6) is 11.5 Å². The predicted molar refractivity (Wildman–Crippen MR) is 269 cm³/mol. The van der Waals surface area contributed by atoms with E-state index in [2.05, 4.69) is 80.9 Å². The van der Waals surface area contributed by atoms with Crippen molar-refractivity contribution < 1.29 is 52.0 Å². The second kappa shape index (κ2) is 29.7. The van der Waals surface area contributed by atoms with Gasteiger partial charge < -0.3 is 42.4 Å². The summed E-state index contributed by atoms with van der Waals surface area (Å²) in [5.74, 6) is 0.993. The molecule has 0 heterocycles. The lowest BCUT2D eigenvalue weighted by Gasteiger charge is -2.40. The van der Waals surface area contributed by atoms with Crippen molar-refractivity contribution in [3.05, 3.63) is 85.0 Å². The van der Waals surface area contributed by atoms with Gasteiger partial charge in [-0.25, -0.2) is 0 Å². The maximum atomic E-state index is 12.4. The molecule has 0 aliphatic carbocycles. The van der Waals surface area contributed by atoms with Gasteiger partial charge in [0.05, 0.1) is 39.6 Å². The van der Waals surface area contributed by atoms with E-state index >= 15 is 0 Å². The molecule has 1 N–H and O–H groups in total. The average molecular weight is 945 g/mol. The number of ether oxygens (including phenoxy) is 6. The van der Waals surface area contributed by atoms with Crippen LogP contribution in [0, 0.1) is 11.8 Å². The van der Waals surface area contributed by atoms with Crippen LogP contribution >= 0.6 is 0 Å². The molecule has 0 aromatic heterocycles. The van der Waals surface area contributed by atoms with E-state index in [1.54, 1.807) is 40.4 Å². The van der Waals surface area contributed by atoms with E-state index in [0.29, 0.717) is 65.0 Å². The zero-order valence-corrected chi connectivity index (χ0v) is 45.0. The first-order chi connectivity index (χ1) is 30.4. The quantitative estimate of drug-likeness (QED) is 0.0336. The Labute approximate surface area is 396 Å². The number of rotatable bonds is 31. The molecule has 0 radical (unpaired) electrons. The summed E-state index contributed by atoms with van der Waals surface area (Å²) in [6.45, 7) is 35.1. The topological polar surface area (TPSA) is 128 Å². The number of Topliss-reactive ketones (excluding diaryl/α,β-unsaturated/α-hetero) is 2. The van der Waals surface area contributed by atoms with Crippen LogP contribution in [0.4, 0.5) is 0 Å². The van der Waals surface area contributed by atoms with Crippen molar-refractivity contribution in [1.82, 2.24) is 0 Å². The van der Waals surface area contributed by atoms with E-state index in [9.17, 15) is 14.7 Å². The molecular formula is C52H88O11Si2. The highest BCUT2D eigenvalue weighted by molar-refractivity contribution is 6.74. The minimum absolute atomic E-state index is 0.0192. The lowest BCUT2D eigenvalue weighted by Crippen LogP contribution is -2.46. The Morgan fingerprint density at radius 1 is 0.646 bits per heavy atom. The molecule has 0 spiro atoms. The fourth-order valence-electron chi connectivity index (χ4n) is 6.62. The van der Waals surface area contributed by atoms with Crippen LogP contribution in [0.1, 0.15) is 105 Å². The number of methoxy groups -OCH3 is 3. The van der Waals surface area contributed by atoms with E-state index < -0.39 is 28.7 Å². The molecule has 0 aliphatic heterocycles. The molecule has 2 aromatic carbocycles. The van der Waals surface area contributed by atoms with Crippen molar-refractivity contribution in [2.45, 2.75) is 168 Å². The molecule has 0 fully saturated rings. The minimum Gasteiger partial charge on any atom is -0.497 e. The van der Waals surface area contributed by atoms with Gasteiger partial charge in [0.15, 0.2) is 16.6 Å². The van der Waals surface area contributed by atoms with Crippen molar-refractivity contribution in [1.29, 1.82) is 0 Å². The lowest BCUT2D eigenvalue weighted by atomic mass is 9.90. The van der Waals surface area contributed by atoms with Gasteiger partial charge in [0.25, 0.3) is 0 Å². The van der Waals surface area contributed by atoms with Crippen LogP contribution < -0.4 is 9.47 Å². The normalized spacial score (nSPS) is 15.1. The summed E-state index contributed by atoms with van der Waals surface area (Å²) in [4.78, 5) is 24.4. The predicted octanol–water partition coefficient (Wildman–Crippen LogP) is 11.7. The molecule has 370 valence electrons. The Morgan fingerprint density at radius 2 is 1.03 bits per heavy atom. The van der Waals surface area contributed by atoms with Crippen LogP contribution in [0.25, 0.3) is 0 Å². The number of hydrogen-bond acceptors (Lipinski definition) is 11. The molecule has 0 aliphatic rings. The number of benzene rings is 2. The van der Waals surface area contributed by atoms with Gasteiger partial charge in [-0.15, -0.1) is 13.2 Å². The van der Waals surface area contributed by atoms with E-state index in [4.69, 9.17) is 37.3 Å². The van der Waals surface area contributed by atoms with Crippen LogP contribution in [-0.4, -0.2) is 99.1 Å². The molecule has 0 saturated carbocycles. The second-order valence-electron chi connectivity index (χ2n) is 20.0. The molecule has 2 aromatic rings. The molecular weight excluding hydrogens is 857 g/mol. The van der Waals surface area contributed by atoms with Crippen LogP contribution in [-0.2, 0) is 50.6 Å². The zero-order chi connectivity index (χ0) is 49.4. The standard InChI is InChI=1S/C27H46O6Si.C25H42O5Si/c1-10-11-25(21(2)28)26(32-20-29-6)18-24(33-34(8,9)27(3,4)5)16-17-31-19-22-12-14-23(30-7)15-13-22;1-9-10-23(19(2)26)24(27)17-22(30-31(7,8)25(3,4)5)15-16-29-18-20-11-13-21(28-6)14-12-20/h10,12-15,24-26H,1,11,16-20H2,2-9H3;9,11-14,22-24,27H,1,10,15-18H2,2-8H3/t24-,25-,26-;22-,23-,24-/m11/s1. The zero-order valence-electron chi connectivity index (χ0n) is 43.0. The summed E-state index contributed by atoms with van der Waals surface area (Å²) in [6.07, 6.45) is 5.56. The monoisotopic (exact) mass is 945 g/mol. The van der Waals surface area contributed by atoms with Crippen molar-refractivity contribution >= 4 is 28.2 Å². The largest absolute Gasteiger partial charge is 0.497 e. The van der Waals surface area contributed by atoms with Crippen molar-refractivity contribution in [3.63, 3.8) is 0 Å². The summed E-state index contributed by atoms with van der Waals surface area (Å²) < 4.78 is 46.8. The van der Waals surface area contributed by atoms with Gasteiger partial charge in [-0.3, -0.25) is 9.59 Å². The molecule has 13 heteroatoms. The number of hydrogen-bond donors (Lipinski definition) is 1. The Kier molecular flexibility index (Phi) is 27.4. The molecule has 0 amide bonds. The molecule has 11 nitrogen and oxygen atoms in total. The summed E-state index contributed by atoms with van der Waals surface area (Å²) in [6, 6.07) is 15.7. The van der Waals surface area contributed by atoms with Gasteiger partial charge in [0.1, 0.15) is 29.9 Å². The van der Waals surface area contributed by atoms with E-state index in [0.717, 1.165) is 22.6 Å². The number of carbonyl (C=O) groups is 2. The Bertz CT molecular complexity index is 1650. The SMILES string of the molecule is C=CC[C@H](C(C)=O)[C@@H](C[C@@H](CCOCc1ccc(OC)cc1)O[Si](C)(C)C(C)(C)C)OCOC.C=CC[C@H](C(C)=O)[C@H](O)C[C@@H](CCOCc1ccc(OC)cc1)O[Si](C)(C)C(C)(C)C. The van der Waals surface area contributed by atoms with Gasteiger partial charge in [-0.1, -0.05) is 78.0 Å². The highest BCUT2D eigenvalue weighted by Crippen LogP contribution is 2.40. The lowest BCUT2D eigenvalue weighted by molar-refractivity contribution is -0.136. The Balaban J connectivity index is 0.000000653. The molecule has 0 unspecified atom stereocenters. The van der Waals surface area contributed by atoms with Gasteiger partial charge in [0.2, 0.25) is 0 Å². The number of aliphatic hydroxyl groups is 1. The smallest absolute Gasteiger partial charge is 0.192 e. The van der Waals surface area contributed by atoms with Crippen LogP contribution in [0.2, 0.25) is 36.3 Å². The third-order valence-electron chi connectivity index (χ3n) is 12.8. The minimum atomic E-state index is -2.04. The molecule has 2 rings (SSSR count). The second-order valence-corrected chi connectivity index (χ2v) is 29.5. The summed E-state index contributed by atoms with van der Waals surface area (Å²) in [5.41, 5.74) is 2.16. The highest BCUT2D eigenvalue weighted by Gasteiger charge is 2.41. The van der Waals surface area contributed by atoms with E-state index in [1.165, 1.54) is 6.92 Å². The van der Waals surface area contributed by atoms with Crippen LogP contribution in [0.15, 0.2) is 73.8 Å². The third-order valence-corrected chi connectivity index (χ3v) is 21.8. The molecule has 6 atom stereocenters. The van der Waals surface area contributed by atoms with Gasteiger partial charge >= 0.3 is 0 Å². The van der Waals surface area contributed by atoms with E-state index in [-0.39, 0.29) is 52.7 Å². The first-order valence-corrected chi connectivity index (χ1v) is 29.0. The van der Waals surface area contributed by atoms with E-state index in [1.807, 2.05) is 48.5 Å². The first kappa shape index (κ1) is 60.0. The summed E-state index contributed by atoms with van der Waals surface area (Å²) >= 11 is 0. The average Bonchev–Trinajstić information content (AvgIpc) is 3.22. The van der Waals surface area contributed by atoms with Crippen molar-refractivity contribution in [3.8, 4) is 11.5 Å². The van der Waals surface area contributed by atoms with Gasteiger partial charge in [-0.05, 0) is 124 Å². The number of ketones is 2. The number of allylic oxidation sites excluding steroid dienone is 2. The fraction of sp³-hybridized carbons (Fsp3) is 0.654. The third kappa shape index (κ3) is 22.6. The van der Waals surface area contributed by atoms with Crippen molar-refractivity contribution in [2.75, 3.05) is 41.3 Å². The van der Waals surface area contributed by atoms with Gasteiger partial charge in [-0.2, -0.15) is 0 Å². The Hall–Kier alpha value is -2.99.